The Labute approximate surface area is 43.4 Å². The van der Waals surface area contributed by atoms with E-state index in [1.807, 2.05) is 0 Å². The first-order chi connectivity index (χ1) is 3.34. The Hall–Kier alpha value is -0.500. The molecule has 0 unspecified atom stereocenters. The smallest absolute Gasteiger partial charge is 0.0218 e. The summed E-state index contributed by atoms with van der Waals surface area (Å²) in [7, 11) is 0. The van der Waals surface area contributed by atoms with Crippen LogP contribution in [0.3, 0.4) is 0 Å². The molecular formula is C5H10N2. The second kappa shape index (κ2) is 1.54. The fourth-order valence-electron chi connectivity index (χ4n) is 0.550. The highest BCUT2D eigenvalue weighted by molar-refractivity contribution is 5.03. The molecule has 0 amide bonds. The minimum Gasteiger partial charge on any atom is -0.329 e. The molecular weight excluding hydrogens is 88.1 g/mol. The topological polar surface area (TPSA) is 38.0 Å². The summed E-state index contributed by atoms with van der Waals surface area (Å²) in [6.07, 6.45) is 2.53. The Kier molecular flexibility index (Phi) is 1.02. The molecule has 3 N–H and O–H groups in total. The van der Waals surface area contributed by atoms with Gasteiger partial charge in [0, 0.05) is 5.70 Å². The van der Waals surface area contributed by atoms with E-state index in [1.54, 1.807) is 0 Å². The van der Waals surface area contributed by atoms with Crippen LogP contribution < -0.4 is 11.3 Å². The summed E-state index contributed by atoms with van der Waals surface area (Å²) in [5.41, 5.74) is 3.52. The summed E-state index contributed by atoms with van der Waals surface area (Å²) >= 11 is 0. The third-order valence-electron chi connectivity index (χ3n) is 1.26. The van der Waals surface area contributed by atoms with Crippen LogP contribution in [0.4, 0.5) is 0 Å². The minimum absolute atomic E-state index is 0.685. The Bertz CT molecular complexity index is 84.1. The van der Waals surface area contributed by atoms with E-state index in [1.165, 1.54) is 12.8 Å². The highest BCUT2D eigenvalue weighted by Crippen LogP contribution is 2.33. The average Bonchev–Trinajstić information content (AvgIpc) is 2.44. The van der Waals surface area contributed by atoms with Gasteiger partial charge in [-0.05, 0) is 18.8 Å². The lowest BCUT2D eigenvalue weighted by molar-refractivity contribution is 0.793. The zero-order valence-electron chi connectivity index (χ0n) is 4.28. The lowest BCUT2D eigenvalue weighted by Crippen LogP contribution is -2.21. The van der Waals surface area contributed by atoms with Gasteiger partial charge in [0.05, 0.1) is 0 Å². The molecule has 0 atom stereocenters. The van der Waals surface area contributed by atoms with Crippen LogP contribution in [0, 0.1) is 5.92 Å². The molecule has 1 rings (SSSR count). The van der Waals surface area contributed by atoms with Crippen molar-refractivity contribution in [2.45, 2.75) is 12.8 Å². The molecule has 1 saturated carbocycles. The van der Waals surface area contributed by atoms with Crippen LogP contribution in [-0.2, 0) is 0 Å². The van der Waals surface area contributed by atoms with E-state index in [9.17, 15) is 0 Å². The molecule has 2 nitrogen and oxygen atoms in total. The lowest BCUT2D eigenvalue weighted by atomic mass is 10.3. The number of hydrazine groups is 1. The Morgan fingerprint density at radius 3 is 2.43 bits per heavy atom. The SMILES string of the molecule is C=C(NN)C1CC1. The predicted molar refractivity (Wildman–Crippen MR) is 29.2 cm³/mol. The van der Waals surface area contributed by atoms with Gasteiger partial charge in [-0.25, -0.2) is 0 Å². The molecule has 0 radical (unpaired) electrons. The van der Waals surface area contributed by atoms with Crippen molar-refractivity contribution in [2.24, 2.45) is 11.8 Å². The quantitative estimate of drug-likeness (QED) is 0.387. The van der Waals surface area contributed by atoms with E-state index in [0.717, 1.165) is 5.70 Å². The third-order valence-corrected chi connectivity index (χ3v) is 1.26. The first-order valence-electron chi connectivity index (χ1n) is 2.50. The maximum atomic E-state index is 5.06. The predicted octanol–water partition coefficient (Wildman–Crippen LogP) is 0.373. The van der Waals surface area contributed by atoms with E-state index in [-0.39, 0.29) is 0 Å². The highest BCUT2D eigenvalue weighted by Gasteiger charge is 2.23. The fourth-order valence-corrected chi connectivity index (χ4v) is 0.550. The number of rotatable bonds is 2. The maximum Gasteiger partial charge on any atom is 0.0218 e. The van der Waals surface area contributed by atoms with Gasteiger partial charge in [-0.15, -0.1) is 0 Å². The molecule has 0 saturated heterocycles. The zero-order chi connectivity index (χ0) is 5.28. The van der Waals surface area contributed by atoms with E-state index in [4.69, 9.17) is 5.84 Å². The van der Waals surface area contributed by atoms with Crippen LogP contribution in [0.1, 0.15) is 12.8 Å². The van der Waals surface area contributed by atoms with Crippen LogP contribution in [0.15, 0.2) is 12.3 Å². The Balaban J connectivity index is 2.24. The highest BCUT2D eigenvalue weighted by atomic mass is 15.2. The van der Waals surface area contributed by atoms with Crippen LogP contribution >= 0.6 is 0 Å². The first-order valence-corrected chi connectivity index (χ1v) is 2.50. The van der Waals surface area contributed by atoms with E-state index >= 15 is 0 Å². The molecule has 0 aromatic heterocycles. The van der Waals surface area contributed by atoms with Crippen molar-refractivity contribution in [3.63, 3.8) is 0 Å². The van der Waals surface area contributed by atoms with Gasteiger partial charge in [-0.1, -0.05) is 6.58 Å². The summed E-state index contributed by atoms with van der Waals surface area (Å²) in [5, 5.41) is 0. The van der Waals surface area contributed by atoms with Gasteiger partial charge in [-0.2, -0.15) is 0 Å². The third kappa shape index (κ3) is 0.933. The van der Waals surface area contributed by atoms with Crippen LogP contribution in [0.5, 0.6) is 0 Å². The molecule has 0 heterocycles. The molecule has 0 aromatic rings. The van der Waals surface area contributed by atoms with E-state index in [2.05, 4.69) is 12.0 Å². The second-order valence-corrected chi connectivity index (χ2v) is 1.94. The van der Waals surface area contributed by atoms with E-state index in [0.29, 0.717) is 5.92 Å². The average molecular weight is 98.1 g/mol. The Morgan fingerprint density at radius 2 is 2.29 bits per heavy atom. The van der Waals surface area contributed by atoms with Gasteiger partial charge in [0.1, 0.15) is 0 Å². The summed E-state index contributed by atoms with van der Waals surface area (Å²) in [4.78, 5) is 0. The second-order valence-electron chi connectivity index (χ2n) is 1.94. The van der Waals surface area contributed by atoms with Gasteiger partial charge in [0.15, 0.2) is 0 Å². The fraction of sp³-hybridized carbons (Fsp3) is 0.600. The largest absolute Gasteiger partial charge is 0.329 e. The molecule has 0 aliphatic heterocycles. The van der Waals surface area contributed by atoms with Crippen molar-refractivity contribution < 1.29 is 0 Å². The van der Waals surface area contributed by atoms with Gasteiger partial charge in [0.25, 0.3) is 0 Å². The van der Waals surface area contributed by atoms with Crippen LogP contribution in [0.25, 0.3) is 0 Å². The monoisotopic (exact) mass is 98.1 g/mol. The molecule has 7 heavy (non-hydrogen) atoms. The van der Waals surface area contributed by atoms with Crippen molar-refractivity contribution in [3.05, 3.63) is 12.3 Å². The van der Waals surface area contributed by atoms with Crippen molar-refractivity contribution in [3.8, 4) is 0 Å². The number of hydrogen-bond acceptors (Lipinski definition) is 2. The molecule has 1 aliphatic rings. The molecule has 0 aromatic carbocycles. The number of nitrogens with one attached hydrogen (secondary N) is 1. The van der Waals surface area contributed by atoms with Crippen molar-refractivity contribution in [2.75, 3.05) is 0 Å². The summed E-state index contributed by atoms with van der Waals surface area (Å²) in [6.45, 7) is 3.70. The molecule has 40 valence electrons. The van der Waals surface area contributed by atoms with E-state index < -0.39 is 0 Å². The van der Waals surface area contributed by atoms with Gasteiger partial charge < -0.3 is 5.43 Å². The van der Waals surface area contributed by atoms with Gasteiger partial charge >= 0.3 is 0 Å². The van der Waals surface area contributed by atoms with Gasteiger partial charge in [0.2, 0.25) is 0 Å². The summed E-state index contributed by atoms with van der Waals surface area (Å²) < 4.78 is 0. The maximum absolute atomic E-state index is 5.06. The zero-order valence-corrected chi connectivity index (χ0v) is 4.28. The molecule has 0 spiro atoms. The number of allylic oxidation sites excluding steroid dienone is 1. The van der Waals surface area contributed by atoms with Crippen molar-refractivity contribution in [1.29, 1.82) is 0 Å². The minimum atomic E-state index is 0.685. The normalized spacial score (nSPS) is 19.0. The molecule has 2 heteroatoms. The molecule has 1 fully saturated rings. The molecule has 0 bridgehead atoms. The summed E-state index contributed by atoms with van der Waals surface area (Å²) in [5.74, 6) is 5.75. The van der Waals surface area contributed by atoms with Crippen LogP contribution in [-0.4, -0.2) is 0 Å². The van der Waals surface area contributed by atoms with Crippen molar-refractivity contribution in [1.82, 2.24) is 5.43 Å². The van der Waals surface area contributed by atoms with Crippen LogP contribution in [0.2, 0.25) is 0 Å². The standard InChI is InChI=1S/C5H10N2/c1-4(7-6)5-2-3-5/h5,7H,1-3,6H2. The lowest BCUT2D eigenvalue weighted by Gasteiger charge is -1.97. The van der Waals surface area contributed by atoms with Gasteiger partial charge in [-0.3, -0.25) is 5.84 Å². The number of hydrogen-bond donors (Lipinski definition) is 2. The Morgan fingerprint density at radius 1 is 1.71 bits per heavy atom. The molecule has 1 aliphatic carbocycles. The van der Waals surface area contributed by atoms with Crippen molar-refractivity contribution >= 4 is 0 Å². The summed E-state index contributed by atoms with van der Waals surface area (Å²) in [6, 6.07) is 0. The number of nitrogens with two attached hydrogens (primary N) is 1. The first kappa shape index (κ1) is 4.65.